The van der Waals surface area contributed by atoms with Gasteiger partial charge < -0.3 is 20.3 Å². The first-order chi connectivity index (χ1) is 10.7. The molecule has 2 heterocycles. The van der Waals surface area contributed by atoms with E-state index >= 15 is 0 Å². The van der Waals surface area contributed by atoms with Crippen molar-refractivity contribution in [3.05, 3.63) is 35.9 Å². The molecule has 126 valence electrons. The minimum Gasteiger partial charge on any atom is -0.378 e. The first-order valence-corrected chi connectivity index (χ1v) is 7.66. The highest BCUT2D eigenvalue weighted by atomic mass is 35.5. The maximum absolute atomic E-state index is 13.0. The van der Waals surface area contributed by atoms with E-state index in [0.717, 1.165) is 5.56 Å². The number of rotatable bonds is 3. The zero-order valence-corrected chi connectivity index (χ0v) is 13.7. The molecule has 2 saturated heterocycles. The Bertz CT molecular complexity index is 549. The van der Waals surface area contributed by atoms with Gasteiger partial charge in [0.1, 0.15) is 6.04 Å². The molecule has 23 heavy (non-hydrogen) atoms. The van der Waals surface area contributed by atoms with E-state index in [1.807, 2.05) is 30.3 Å². The highest BCUT2D eigenvalue weighted by Gasteiger charge is 2.39. The summed E-state index contributed by atoms with van der Waals surface area (Å²) in [5, 5.41) is 0. The van der Waals surface area contributed by atoms with Crippen LogP contribution in [0.1, 0.15) is 18.0 Å². The lowest BCUT2D eigenvalue weighted by atomic mass is 10.0. The first kappa shape index (κ1) is 17.7. The summed E-state index contributed by atoms with van der Waals surface area (Å²) in [5.41, 5.74) is 6.66. The number of benzene rings is 1. The zero-order valence-electron chi connectivity index (χ0n) is 12.9. The van der Waals surface area contributed by atoms with Crippen molar-refractivity contribution < 1.29 is 14.3 Å². The smallest absolute Gasteiger partial charge is 0.250 e. The molecule has 2 aliphatic heterocycles. The van der Waals surface area contributed by atoms with Gasteiger partial charge in [-0.15, -0.1) is 12.4 Å². The van der Waals surface area contributed by atoms with Crippen LogP contribution >= 0.6 is 12.4 Å². The van der Waals surface area contributed by atoms with Crippen LogP contribution < -0.4 is 5.73 Å². The molecule has 6 nitrogen and oxygen atoms in total. The van der Waals surface area contributed by atoms with Crippen LogP contribution in [0.15, 0.2) is 30.3 Å². The lowest BCUT2D eigenvalue weighted by Gasteiger charge is -2.34. The Hall–Kier alpha value is -1.63. The van der Waals surface area contributed by atoms with Gasteiger partial charge in [-0.25, -0.2) is 0 Å². The molecular weight excluding hydrogens is 318 g/mol. The van der Waals surface area contributed by atoms with Crippen molar-refractivity contribution in [1.29, 1.82) is 0 Å². The summed E-state index contributed by atoms with van der Waals surface area (Å²) in [5.74, 6) is -0.188. The number of nitrogens with two attached hydrogens (primary N) is 1. The maximum Gasteiger partial charge on any atom is 0.250 e. The number of ether oxygens (including phenoxy) is 1. The van der Waals surface area contributed by atoms with Crippen LogP contribution in [0.3, 0.4) is 0 Å². The molecule has 0 spiro atoms. The SMILES string of the molecule is Cl.N[C@H]1CCN([C@H](C(=O)N2CCOCC2)c2ccccc2)C1=O. The van der Waals surface area contributed by atoms with Crippen molar-refractivity contribution in [3.8, 4) is 0 Å². The van der Waals surface area contributed by atoms with Gasteiger partial charge in [-0.3, -0.25) is 9.59 Å². The van der Waals surface area contributed by atoms with E-state index in [2.05, 4.69) is 0 Å². The number of hydrogen-bond acceptors (Lipinski definition) is 4. The van der Waals surface area contributed by atoms with E-state index in [9.17, 15) is 9.59 Å². The lowest BCUT2D eigenvalue weighted by Crippen LogP contribution is -2.48. The van der Waals surface area contributed by atoms with E-state index in [1.165, 1.54) is 0 Å². The Balaban J connectivity index is 0.00000192. The molecule has 2 amide bonds. The van der Waals surface area contributed by atoms with E-state index in [1.54, 1.807) is 9.80 Å². The minimum atomic E-state index is -0.583. The van der Waals surface area contributed by atoms with Crippen LogP contribution in [-0.4, -0.2) is 60.5 Å². The van der Waals surface area contributed by atoms with Crippen molar-refractivity contribution >= 4 is 24.2 Å². The van der Waals surface area contributed by atoms with Gasteiger partial charge in [0.05, 0.1) is 19.3 Å². The van der Waals surface area contributed by atoms with Crippen LogP contribution in [0.25, 0.3) is 0 Å². The van der Waals surface area contributed by atoms with E-state index in [-0.39, 0.29) is 24.2 Å². The monoisotopic (exact) mass is 339 g/mol. The molecule has 7 heteroatoms. The second-order valence-electron chi connectivity index (χ2n) is 5.68. The number of hydrogen-bond donors (Lipinski definition) is 1. The van der Waals surface area contributed by atoms with Crippen LogP contribution in [0.4, 0.5) is 0 Å². The van der Waals surface area contributed by atoms with Gasteiger partial charge in [0.2, 0.25) is 11.8 Å². The molecule has 0 unspecified atom stereocenters. The summed E-state index contributed by atoms with van der Waals surface area (Å²) in [6.07, 6.45) is 0.596. The third kappa shape index (κ3) is 3.65. The van der Waals surface area contributed by atoms with Crippen molar-refractivity contribution in [2.24, 2.45) is 5.73 Å². The van der Waals surface area contributed by atoms with Gasteiger partial charge in [-0.2, -0.15) is 0 Å². The summed E-state index contributed by atoms with van der Waals surface area (Å²) in [6.45, 7) is 2.74. The summed E-state index contributed by atoms with van der Waals surface area (Å²) < 4.78 is 5.30. The van der Waals surface area contributed by atoms with Gasteiger partial charge in [0.15, 0.2) is 0 Å². The van der Waals surface area contributed by atoms with Crippen molar-refractivity contribution in [2.45, 2.75) is 18.5 Å². The second kappa shape index (κ2) is 7.77. The molecule has 2 aliphatic rings. The van der Waals surface area contributed by atoms with Gasteiger partial charge in [0.25, 0.3) is 0 Å². The number of nitrogens with zero attached hydrogens (tertiary/aromatic N) is 2. The Morgan fingerprint density at radius 2 is 1.83 bits per heavy atom. The van der Waals surface area contributed by atoms with Crippen LogP contribution in [0, 0.1) is 0 Å². The molecule has 1 aromatic rings. The Labute approximate surface area is 142 Å². The molecule has 0 aliphatic carbocycles. The molecule has 3 rings (SSSR count). The number of halogens is 1. The maximum atomic E-state index is 13.0. The fraction of sp³-hybridized carbons (Fsp3) is 0.500. The van der Waals surface area contributed by atoms with Gasteiger partial charge >= 0.3 is 0 Å². The predicted molar refractivity (Wildman–Crippen MR) is 88.1 cm³/mol. The summed E-state index contributed by atoms with van der Waals surface area (Å²) in [4.78, 5) is 28.7. The number of likely N-dealkylation sites (tertiary alicyclic amines) is 1. The van der Waals surface area contributed by atoms with Gasteiger partial charge in [-0.1, -0.05) is 30.3 Å². The summed E-state index contributed by atoms with van der Waals surface area (Å²) >= 11 is 0. The normalized spacial score (nSPS) is 22.7. The van der Waals surface area contributed by atoms with Crippen molar-refractivity contribution in [2.75, 3.05) is 32.8 Å². The summed E-state index contributed by atoms with van der Waals surface area (Å²) in [6, 6.07) is 8.37. The molecule has 2 N–H and O–H groups in total. The number of morpholine rings is 1. The number of carbonyl (C=O) groups is 2. The van der Waals surface area contributed by atoms with Crippen LogP contribution in [0.2, 0.25) is 0 Å². The highest BCUT2D eigenvalue weighted by Crippen LogP contribution is 2.28. The third-order valence-corrected chi connectivity index (χ3v) is 4.26. The standard InChI is InChI=1S/C16H21N3O3.ClH/c17-13-6-7-19(15(13)20)14(12-4-2-1-3-5-12)16(21)18-8-10-22-11-9-18;/h1-5,13-14H,6-11,17H2;1H/t13-,14-;/m0./s1. The number of carbonyl (C=O) groups excluding carboxylic acids is 2. The van der Waals surface area contributed by atoms with E-state index < -0.39 is 12.1 Å². The Morgan fingerprint density at radius 3 is 2.39 bits per heavy atom. The third-order valence-electron chi connectivity index (χ3n) is 4.26. The van der Waals surface area contributed by atoms with E-state index in [0.29, 0.717) is 39.3 Å². The molecule has 0 saturated carbocycles. The fourth-order valence-electron chi connectivity index (χ4n) is 3.03. The Kier molecular flexibility index (Phi) is 5.98. The lowest BCUT2D eigenvalue weighted by molar-refractivity contribution is -0.147. The quantitative estimate of drug-likeness (QED) is 0.873. The van der Waals surface area contributed by atoms with E-state index in [4.69, 9.17) is 10.5 Å². The molecule has 2 atom stereocenters. The molecule has 0 bridgehead atoms. The first-order valence-electron chi connectivity index (χ1n) is 7.66. The Morgan fingerprint density at radius 1 is 1.17 bits per heavy atom. The molecule has 1 aromatic carbocycles. The summed E-state index contributed by atoms with van der Waals surface area (Å²) in [7, 11) is 0. The fourth-order valence-corrected chi connectivity index (χ4v) is 3.03. The number of amides is 2. The molecule has 2 fully saturated rings. The average molecular weight is 340 g/mol. The molecule has 0 radical (unpaired) electrons. The van der Waals surface area contributed by atoms with Crippen molar-refractivity contribution in [3.63, 3.8) is 0 Å². The average Bonchev–Trinajstić information content (AvgIpc) is 2.89. The van der Waals surface area contributed by atoms with Crippen LogP contribution in [-0.2, 0) is 14.3 Å². The van der Waals surface area contributed by atoms with Gasteiger partial charge in [-0.05, 0) is 12.0 Å². The minimum absolute atomic E-state index is 0. The second-order valence-corrected chi connectivity index (χ2v) is 5.68. The molecule has 0 aromatic heterocycles. The molecular formula is C16H22ClN3O3. The van der Waals surface area contributed by atoms with Gasteiger partial charge in [0, 0.05) is 19.6 Å². The zero-order chi connectivity index (χ0) is 15.5. The largest absolute Gasteiger partial charge is 0.378 e. The van der Waals surface area contributed by atoms with Crippen LogP contribution in [0.5, 0.6) is 0 Å². The topological polar surface area (TPSA) is 75.9 Å². The predicted octanol–water partition coefficient (Wildman–Crippen LogP) is 0.568. The van der Waals surface area contributed by atoms with Crippen molar-refractivity contribution in [1.82, 2.24) is 9.80 Å². The highest BCUT2D eigenvalue weighted by molar-refractivity contribution is 5.91.